The second kappa shape index (κ2) is 5.85. The number of hydrogen-bond donors (Lipinski definition) is 2. The normalized spacial score (nSPS) is 18.2. The molecule has 2 N–H and O–H groups in total. The molecule has 0 bridgehead atoms. The van der Waals surface area contributed by atoms with Crippen molar-refractivity contribution in [1.29, 1.82) is 0 Å². The first kappa shape index (κ1) is 13.5. The van der Waals surface area contributed by atoms with E-state index in [0.29, 0.717) is 16.3 Å². The highest BCUT2D eigenvalue weighted by molar-refractivity contribution is 8.18. The number of phenolic OH excluding ortho intramolecular Hbond substituents is 1. The third-order valence-corrected chi connectivity index (χ3v) is 3.70. The van der Waals surface area contributed by atoms with Crippen molar-refractivity contribution in [2.75, 3.05) is 0 Å². The summed E-state index contributed by atoms with van der Waals surface area (Å²) in [6, 6.07) is 16.4. The third-order valence-electron chi connectivity index (χ3n) is 2.88. The fraction of sp³-hybridized carbons (Fsp3) is 0. The lowest BCUT2D eigenvalue weighted by Crippen LogP contribution is -2.18. The summed E-state index contributed by atoms with van der Waals surface area (Å²) in [7, 11) is 0. The quantitative estimate of drug-likeness (QED) is 0.883. The van der Waals surface area contributed by atoms with Gasteiger partial charge in [0.05, 0.1) is 10.6 Å². The highest BCUT2D eigenvalue weighted by atomic mass is 32.2. The van der Waals surface area contributed by atoms with Gasteiger partial charge in [-0.05, 0) is 36.0 Å². The van der Waals surface area contributed by atoms with Gasteiger partial charge in [0.15, 0.2) is 0 Å². The monoisotopic (exact) mass is 296 g/mol. The van der Waals surface area contributed by atoms with E-state index in [2.05, 4.69) is 10.3 Å². The summed E-state index contributed by atoms with van der Waals surface area (Å²) in [5.41, 5.74) is 1.41. The fourth-order valence-electron chi connectivity index (χ4n) is 1.90. The minimum absolute atomic E-state index is 0.170. The maximum Gasteiger partial charge on any atom is 0.289 e. The Labute approximate surface area is 126 Å². The molecule has 4 nitrogen and oxygen atoms in total. The molecule has 2 aromatic carbocycles. The van der Waals surface area contributed by atoms with E-state index in [-0.39, 0.29) is 11.0 Å². The Hall–Kier alpha value is -2.53. The first-order chi connectivity index (χ1) is 10.2. The second-order valence-electron chi connectivity index (χ2n) is 4.38. The van der Waals surface area contributed by atoms with Gasteiger partial charge in [-0.25, -0.2) is 4.99 Å². The zero-order valence-electron chi connectivity index (χ0n) is 11.0. The van der Waals surface area contributed by atoms with Gasteiger partial charge in [-0.3, -0.25) is 4.79 Å². The molecule has 1 fully saturated rings. The van der Waals surface area contributed by atoms with Crippen LogP contribution in [0.25, 0.3) is 6.08 Å². The summed E-state index contributed by atoms with van der Waals surface area (Å²) in [5, 5.41) is 12.4. The Morgan fingerprint density at radius 1 is 1.05 bits per heavy atom. The van der Waals surface area contributed by atoms with Gasteiger partial charge in [-0.2, -0.15) is 0 Å². The van der Waals surface area contributed by atoms with E-state index >= 15 is 0 Å². The van der Waals surface area contributed by atoms with Gasteiger partial charge in [0.2, 0.25) is 0 Å². The summed E-state index contributed by atoms with van der Waals surface area (Å²) in [6.45, 7) is 0. The van der Waals surface area contributed by atoms with Crippen LogP contribution in [0.1, 0.15) is 5.56 Å². The van der Waals surface area contributed by atoms with Gasteiger partial charge in [-0.1, -0.05) is 36.4 Å². The molecule has 1 saturated heterocycles. The smallest absolute Gasteiger partial charge is 0.289 e. The summed E-state index contributed by atoms with van der Waals surface area (Å²) in [4.78, 5) is 16.7. The van der Waals surface area contributed by atoms with Crippen LogP contribution in [0.15, 0.2) is 64.5 Å². The highest BCUT2D eigenvalue weighted by Crippen LogP contribution is 2.30. The van der Waals surface area contributed by atoms with Crippen molar-refractivity contribution < 1.29 is 9.90 Å². The van der Waals surface area contributed by atoms with E-state index in [0.717, 1.165) is 17.4 Å². The molecule has 1 aliphatic heterocycles. The maximum absolute atomic E-state index is 11.6. The van der Waals surface area contributed by atoms with Crippen LogP contribution in [0.2, 0.25) is 0 Å². The van der Waals surface area contributed by atoms with E-state index in [1.54, 1.807) is 24.3 Å². The first-order valence-electron chi connectivity index (χ1n) is 6.35. The Bertz CT molecular complexity index is 739. The number of hydrogen-bond acceptors (Lipinski definition) is 4. The zero-order valence-corrected chi connectivity index (χ0v) is 11.8. The van der Waals surface area contributed by atoms with Gasteiger partial charge < -0.3 is 10.4 Å². The van der Waals surface area contributed by atoms with Crippen molar-refractivity contribution in [3.05, 3.63) is 65.1 Å². The van der Waals surface area contributed by atoms with Gasteiger partial charge in [-0.15, -0.1) is 0 Å². The van der Waals surface area contributed by atoms with Crippen molar-refractivity contribution in [2.24, 2.45) is 4.99 Å². The van der Waals surface area contributed by atoms with Crippen LogP contribution in [0, 0.1) is 0 Å². The molecule has 3 rings (SSSR count). The number of phenols is 1. The number of nitrogens with zero attached hydrogens (tertiary/aromatic N) is 1. The first-order valence-corrected chi connectivity index (χ1v) is 7.17. The molecule has 21 heavy (non-hydrogen) atoms. The summed E-state index contributed by atoms with van der Waals surface area (Å²) in [6.07, 6.45) is 1.75. The minimum Gasteiger partial charge on any atom is -0.507 e. The lowest BCUT2D eigenvalue weighted by Gasteiger charge is -2.01. The summed E-state index contributed by atoms with van der Waals surface area (Å²) in [5.74, 6) is 0.670. The Morgan fingerprint density at radius 2 is 1.76 bits per heavy atom. The van der Waals surface area contributed by atoms with Crippen LogP contribution < -0.4 is 5.32 Å². The van der Waals surface area contributed by atoms with Gasteiger partial charge in [0.1, 0.15) is 11.6 Å². The predicted molar refractivity (Wildman–Crippen MR) is 85.7 cm³/mol. The summed E-state index contributed by atoms with van der Waals surface area (Å²) >= 11 is 1.07. The lowest BCUT2D eigenvalue weighted by atomic mass is 10.2. The van der Waals surface area contributed by atoms with Crippen molar-refractivity contribution in [3.8, 4) is 5.75 Å². The van der Waals surface area contributed by atoms with Gasteiger partial charge in [0.25, 0.3) is 5.24 Å². The Kier molecular flexibility index (Phi) is 3.75. The third kappa shape index (κ3) is 3.14. The van der Waals surface area contributed by atoms with Crippen LogP contribution in [-0.2, 0) is 0 Å². The molecule has 0 aliphatic carbocycles. The number of aromatic hydroxyl groups is 1. The van der Waals surface area contributed by atoms with Crippen molar-refractivity contribution in [3.63, 3.8) is 0 Å². The van der Waals surface area contributed by atoms with Crippen LogP contribution in [0.4, 0.5) is 10.5 Å². The van der Waals surface area contributed by atoms with E-state index in [4.69, 9.17) is 0 Å². The largest absolute Gasteiger partial charge is 0.507 e. The van der Waals surface area contributed by atoms with E-state index < -0.39 is 0 Å². The van der Waals surface area contributed by atoms with Crippen LogP contribution >= 0.6 is 11.8 Å². The molecule has 2 aromatic rings. The van der Waals surface area contributed by atoms with Crippen molar-refractivity contribution >= 4 is 34.6 Å². The van der Waals surface area contributed by atoms with E-state index in [1.165, 1.54) is 0 Å². The molecule has 1 amide bonds. The highest BCUT2D eigenvalue weighted by Gasteiger charge is 2.23. The number of aliphatic imine (C=N–C) groups is 1. The molecule has 104 valence electrons. The minimum atomic E-state index is -0.175. The number of amides is 1. The Morgan fingerprint density at radius 3 is 2.52 bits per heavy atom. The SMILES string of the molecule is O=C1NC(=Nc2ccccc2)/C(=C/c2ccccc2O)S1. The number of carbonyl (C=O) groups excluding carboxylic acids is 1. The Balaban J connectivity index is 1.99. The molecule has 0 unspecified atom stereocenters. The topological polar surface area (TPSA) is 61.7 Å². The molecule has 0 spiro atoms. The van der Waals surface area contributed by atoms with Crippen LogP contribution in [-0.4, -0.2) is 16.2 Å². The second-order valence-corrected chi connectivity index (χ2v) is 5.39. The van der Waals surface area contributed by atoms with Crippen molar-refractivity contribution in [2.45, 2.75) is 0 Å². The molecule has 0 saturated carbocycles. The van der Waals surface area contributed by atoms with Crippen molar-refractivity contribution in [1.82, 2.24) is 5.32 Å². The molecule has 0 radical (unpaired) electrons. The number of para-hydroxylation sites is 2. The number of thioether (sulfide) groups is 1. The molecule has 0 aromatic heterocycles. The standard InChI is InChI=1S/C16H12N2O2S/c19-13-9-5-4-6-11(13)10-14-15(18-16(20)21-14)17-12-7-2-1-3-8-12/h1-10,19H,(H,17,18,20)/b14-10-. The van der Waals surface area contributed by atoms with Crippen LogP contribution in [0.3, 0.4) is 0 Å². The maximum atomic E-state index is 11.6. The van der Waals surface area contributed by atoms with E-state index in [1.807, 2.05) is 36.4 Å². The fourth-order valence-corrected chi connectivity index (χ4v) is 2.62. The average molecular weight is 296 g/mol. The van der Waals surface area contributed by atoms with Crippen LogP contribution in [0.5, 0.6) is 5.75 Å². The number of benzene rings is 2. The van der Waals surface area contributed by atoms with Gasteiger partial charge in [0, 0.05) is 5.56 Å². The predicted octanol–water partition coefficient (Wildman–Crippen LogP) is 3.92. The molecule has 1 heterocycles. The number of amidine groups is 1. The molecule has 1 aliphatic rings. The number of carbonyl (C=O) groups is 1. The molecular formula is C16H12N2O2S. The number of nitrogens with one attached hydrogen (secondary N) is 1. The number of rotatable bonds is 2. The molecular weight excluding hydrogens is 284 g/mol. The summed E-state index contributed by atoms with van der Waals surface area (Å²) < 4.78 is 0. The lowest BCUT2D eigenvalue weighted by molar-refractivity contribution is 0.265. The zero-order chi connectivity index (χ0) is 14.7. The van der Waals surface area contributed by atoms with E-state index in [9.17, 15) is 9.90 Å². The average Bonchev–Trinajstić information content (AvgIpc) is 2.82. The van der Waals surface area contributed by atoms with Gasteiger partial charge >= 0.3 is 0 Å². The molecule has 5 heteroatoms. The molecule has 0 atom stereocenters.